The number of amides is 2. The average Bonchev–Trinajstić information content (AvgIpc) is 3.30. The first-order valence-corrected chi connectivity index (χ1v) is 11.7. The summed E-state index contributed by atoms with van der Waals surface area (Å²) >= 11 is 0. The summed E-state index contributed by atoms with van der Waals surface area (Å²) in [5, 5.41) is 6.19. The molecule has 1 saturated carbocycles. The summed E-state index contributed by atoms with van der Waals surface area (Å²) in [4.78, 5) is 27.0. The van der Waals surface area contributed by atoms with Crippen molar-refractivity contribution in [3.05, 3.63) is 0 Å². The first-order chi connectivity index (χ1) is 12.3. The van der Waals surface area contributed by atoms with Crippen LogP contribution >= 0.6 is 0 Å². The quantitative estimate of drug-likeness (QED) is 0.716. The van der Waals surface area contributed by atoms with Crippen LogP contribution in [0.5, 0.6) is 0 Å². The van der Waals surface area contributed by atoms with E-state index in [1.54, 1.807) is 4.90 Å². The lowest BCUT2D eigenvalue weighted by molar-refractivity contribution is -0.135. The molecular formula is C18H31N3O4S. The van der Waals surface area contributed by atoms with Crippen LogP contribution in [-0.4, -0.2) is 68.4 Å². The van der Waals surface area contributed by atoms with E-state index in [2.05, 4.69) is 10.6 Å². The predicted molar refractivity (Wildman–Crippen MR) is 99.4 cm³/mol. The molecule has 2 aliphatic heterocycles. The third kappa shape index (κ3) is 3.91. The van der Waals surface area contributed by atoms with Crippen molar-refractivity contribution < 1.29 is 18.0 Å². The molecule has 7 nitrogen and oxygen atoms in total. The molecule has 0 spiro atoms. The molecule has 0 radical (unpaired) electrons. The number of hydrogen-bond acceptors (Lipinski definition) is 5. The lowest BCUT2D eigenvalue weighted by Crippen LogP contribution is -2.55. The molecule has 1 aliphatic carbocycles. The van der Waals surface area contributed by atoms with Crippen LogP contribution in [0.2, 0.25) is 0 Å². The Balaban J connectivity index is 1.59. The second kappa shape index (κ2) is 7.84. The highest BCUT2D eigenvalue weighted by Gasteiger charge is 2.52. The van der Waals surface area contributed by atoms with Gasteiger partial charge in [0.1, 0.15) is 0 Å². The maximum absolute atomic E-state index is 13.1. The number of rotatable bonds is 5. The largest absolute Gasteiger partial charge is 0.354 e. The van der Waals surface area contributed by atoms with Crippen LogP contribution in [0.1, 0.15) is 51.4 Å². The molecule has 2 amide bonds. The molecule has 2 N–H and O–H groups in total. The van der Waals surface area contributed by atoms with Gasteiger partial charge in [-0.2, -0.15) is 0 Å². The minimum Gasteiger partial charge on any atom is -0.354 e. The summed E-state index contributed by atoms with van der Waals surface area (Å²) in [5.41, 5.74) is 0. The molecule has 0 aromatic heterocycles. The zero-order valence-corrected chi connectivity index (χ0v) is 16.4. The highest BCUT2D eigenvalue weighted by atomic mass is 32.2. The number of carbonyl (C=O) groups is 2. The topological polar surface area (TPSA) is 95.6 Å². The van der Waals surface area contributed by atoms with Gasteiger partial charge in [0.15, 0.2) is 14.6 Å². The van der Waals surface area contributed by atoms with Crippen molar-refractivity contribution in [1.29, 1.82) is 0 Å². The summed E-state index contributed by atoms with van der Waals surface area (Å²) in [7, 11) is -3.44. The van der Waals surface area contributed by atoms with E-state index in [-0.39, 0.29) is 23.8 Å². The van der Waals surface area contributed by atoms with E-state index in [4.69, 9.17) is 0 Å². The van der Waals surface area contributed by atoms with Gasteiger partial charge in [-0.1, -0.05) is 12.8 Å². The van der Waals surface area contributed by atoms with Crippen LogP contribution in [0, 0.1) is 5.92 Å². The third-order valence-electron chi connectivity index (χ3n) is 6.26. The van der Waals surface area contributed by atoms with Gasteiger partial charge < -0.3 is 15.5 Å². The number of sulfone groups is 1. The van der Waals surface area contributed by atoms with Crippen molar-refractivity contribution in [3.8, 4) is 0 Å². The average molecular weight is 386 g/mol. The van der Waals surface area contributed by atoms with Gasteiger partial charge in [-0.25, -0.2) is 8.42 Å². The number of likely N-dealkylation sites (tertiary alicyclic amines) is 1. The molecule has 148 valence electrons. The van der Waals surface area contributed by atoms with Crippen LogP contribution in [0.4, 0.5) is 0 Å². The van der Waals surface area contributed by atoms with Crippen molar-refractivity contribution in [1.82, 2.24) is 15.5 Å². The summed E-state index contributed by atoms with van der Waals surface area (Å²) < 4.78 is 23.5. The highest BCUT2D eigenvalue weighted by molar-refractivity contribution is 7.92. The van der Waals surface area contributed by atoms with E-state index in [1.165, 1.54) is 6.26 Å². The van der Waals surface area contributed by atoms with Gasteiger partial charge in [-0.15, -0.1) is 0 Å². The molecule has 2 heterocycles. The van der Waals surface area contributed by atoms with E-state index in [1.807, 2.05) is 0 Å². The normalized spacial score (nSPS) is 28.9. The number of piperidine rings is 1. The Kier molecular flexibility index (Phi) is 5.91. The van der Waals surface area contributed by atoms with Crippen LogP contribution in [0.3, 0.4) is 0 Å². The molecule has 0 aromatic carbocycles. The molecule has 3 rings (SSSR count). The Hall–Kier alpha value is -1.15. The molecule has 2 atom stereocenters. The fourth-order valence-electron chi connectivity index (χ4n) is 4.67. The number of nitrogens with one attached hydrogen (secondary N) is 2. The van der Waals surface area contributed by atoms with Crippen molar-refractivity contribution in [2.45, 2.75) is 62.2 Å². The molecule has 0 bridgehead atoms. The minimum absolute atomic E-state index is 0.0364. The smallest absolute Gasteiger partial charge is 0.244 e. The van der Waals surface area contributed by atoms with E-state index in [0.29, 0.717) is 32.5 Å². The second-order valence-corrected chi connectivity index (χ2v) is 10.5. The Morgan fingerprint density at radius 2 is 1.88 bits per heavy atom. The Morgan fingerprint density at radius 3 is 2.50 bits per heavy atom. The molecule has 3 aliphatic rings. The standard InChI is InChI=1S/C18H31N3O4S/c1-26(24,25)18(8-2-3-9-18)17(23)21-11-5-6-14(13-21)12-20-16(22)15-7-4-10-19-15/h14-15,19H,2-13H2,1H3,(H,20,22). The molecule has 8 heteroatoms. The van der Waals surface area contributed by atoms with Gasteiger partial charge in [0.05, 0.1) is 6.04 Å². The lowest BCUT2D eigenvalue weighted by Gasteiger charge is -2.38. The highest BCUT2D eigenvalue weighted by Crippen LogP contribution is 2.39. The van der Waals surface area contributed by atoms with E-state index < -0.39 is 14.6 Å². The van der Waals surface area contributed by atoms with Gasteiger partial charge in [-0.3, -0.25) is 9.59 Å². The van der Waals surface area contributed by atoms with E-state index >= 15 is 0 Å². The fourth-order valence-corrected chi connectivity index (χ4v) is 6.15. The predicted octanol–water partition coefficient (Wildman–Crippen LogP) is 0.451. The van der Waals surface area contributed by atoms with Crippen LogP contribution in [0.15, 0.2) is 0 Å². The molecule has 2 unspecified atom stereocenters. The number of hydrogen-bond donors (Lipinski definition) is 2. The van der Waals surface area contributed by atoms with Gasteiger partial charge >= 0.3 is 0 Å². The van der Waals surface area contributed by atoms with Crippen molar-refractivity contribution in [3.63, 3.8) is 0 Å². The minimum atomic E-state index is -3.44. The molecule has 0 aromatic rings. The van der Waals surface area contributed by atoms with Crippen molar-refractivity contribution >= 4 is 21.7 Å². The van der Waals surface area contributed by atoms with E-state index in [9.17, 15) is 18.0 Å². The number of carbonyl (C=O) groups excluding carboxylic acids is 2. The second-order valence-electron chi connectivity index (χ2n) is 8.13. The Bertz CT molecular complexity index is 637. The van der Waals surface area contributed by atoms with Crippen LogP contribution < -0.4 is 10.6 Å². The summed E-state index contributed by atoms with van der Waals surface area (Å²) in [6.45, 7) is 2.59. The summed E-state index contributed by atoms with van der Waals surface area (Å²) in [6, 6.07) is -0.0941. The van der Waals surface area contributed by atoms with Crippen molar-refractivity contribution in [2.75, 3.05) is 32.4 Å². The number of nitrogens with zero attached hydrogens (tertiary/aromatic N) is 1. The zero-order chi connectivity index (χ0) is 18.8. The molecule has 3 fully saturated rings. The third-order valence-corrected chi connectivity index (χ3v) is 8.26. The molecular weight excluding hydrogens is 354 g/mol. The maximum atomic E-state index is 13.1. The first kappa shape index (κ1) is 19.6. The first-order valence-electron chi connectivity index (χ1n) is 9.83. The SMILES string of the molecule is CS(=O)(=O)C1(C(=O)N2CCCC(CNC(=O)C3CCCN3)C2)CCCC1. The zero-order valence-electron chi connectivity index (χ0n) is 15.6. The van der Waals surface area contributed by atoms with Gasteiger partial charge in [0.2, 0.25) is 11.8 Å². The molecule has 2 saturated heterocycles. The van der Waals surface area contributed by atoms with Crippen LogP contribution in [0.25, 0.3) is 0 Å². The van der Waals surface area contributed by atoms with Crippen LogP contribution in [-0.2, 0) is 19.4 Å². The Morgan fingerprint density at radius 1 is 1.15 bits per heavy atom. The van der Waals surface area contributed by atoms with Gasteiger partial charge in [-0.05, 0) is 51.0 Å². The van der Waals surface area contributed by atoms with E-state index in [0.717, 1.165) is 45.1 Å². The van der Waals surface area contributed by atoms with Gasteiger partial charge in [0.25, 0.3) is 0 Å². The monoisotopic (exact) mass is 385 g/mol. The Labute approximate surface area is 156 Å². The lowest BCUT2D eigenvalue weighted by atomic mass is 9.95. The summed E-state index contributed by atoms with van der Waals surface area (Å²) in [5.74, 6) is 0.0106. The molecule has 26 heavy (non-hydrogen) atoms. The fraction of sp³-hybridized carbons (Fsp3) is 0.889. The summed E-state index contributed by atoms with van der Waals surface area (Å²) in [6.07, 6.45) is 7.37. The van der Waals surface area contributed by atoms with Gasteiger partial charge in [0, 0.05) is 25.9 Å². The van der Waals surface area contributed by atoms with Crippen molar-refractivity contribution in [2.24, 2.45) is 5.92 Å². The maximum Gasteiger partial charge on any atom is 0.244 e.